The minimum atomic E-state index is -0.518. The van der Waals surface area contributed by atoms with Crippen molar-refractivity contribution in [2.75, 3.05) is 19.7 Å². The first-order valence-corrected chi connectivity index (χ1v) is 6.65. The van der Waals surface area contributed by atoms with Crippen LogP contribution in [0.3, 0.4) is 0 Å². The van der Waals surface area contributed by atoms with Gasteiger partial charge in [-0.15, -0.1) is 0 Å². The Morgan fingerprint density at radius 3 is 2.70 bits per heavy atom. The molecular formula is C14H26N4O2. The molecule has 6 nitrogen and oxygen atoms in total. The molecule has 0 aliphatic rings. The molecule has 0 fully saturated rings. The van der Waals surface area contributed by atoms with E-state index in [9.17, 15) is 4.79 Å². The molecule has 2 atom stereocenters. The first-order chi connectivity index (χ1) is 9.58. The predicted molar refractivity (Wildman–Crippen MR) is 81.8 cm³/mol. The summed E-state index contributed by atoms with van der Waals surface area (Å²) in [4.78, 5) is 12.1. The molecule has 0 radical (unpaired) electrons. The van der Waals surface area contributed by atoms with Gasteiger partial charge in [0.25, 0.3) is 0 Å². The van der Waals surface area contributed by atoms with E-state index >= 15 is 0 Å². The van der Waals surface area contributed by atoms with Crippen molar-refractivity contribution >= 4 is 5.91 Å². The Labute approximate surface area is 120 Å². The van der Waals surface area contributed by atoms with Gasteiger partial charge in [0.2, 0.25) is 5.91 Å². The topological polar surface area (TPSA) is 113 Å². The highest BCUT2D eigenvalue weighted by Gasteiger charge is 2.18. The van der Waals surface area contributed by atoms with E-state index in [1.807, 2.05) is 13.0 Å². The van der Waals surface area contributed by atoms with E-state index in [0.717, 1.165) is 0 Å². The molecule has 0 aliphatic carbocycles. The number of amides is 1. The van der Waals surface area contributed by atoms with Crippen molar-refractivity contribution in [1.82, 2.24) is 10.6 Å². The van der Waals surface area contributed by atoms with Gasteiger partial charge in [-0.05, 0) is 25.5 Å². The molecule has 7 N–H and O–H groups in total. The third kappa shape index (κ3) is 7.85. The molecule has 0 bridgehead atoms. The average Bonchev–Trinajstić information content (AvgIpc) is 2.43. The van der Waals surface area contributed by atoms with E-state index in [2.05, 4.69) is 17.2 Å². The summed E-state index contributed by atoms with van der Waals surface area (Å²) in [5.74, 6) is -0.227. The normalized spacial score (nSPS) is 15.1. The average molecular weight is 282 g/mol. The lowest BCUT2D eigenvalue weighted by Crippen LogP contribution is -2.49. The molecule has 0 heterocycles. The second-order valence-electron chi connectivity index (χ2n) is 4.32. The van der Waals surface area contributed by atoms with Crippen molar-refractivity contribution in [1.29, 1.82) is 0 Å². The number of nitrogens with one attached hydrogen (secondary N) is 2. The van der Waals surface area contributed by atoms with Gasteiger partial charge in [-0.1, -0.05) is 18.7 Å². The largest absolute Gasteiger partial charge is 0.396 e. The molecule has 0 aromatic carbocycles. The van der Waals surface area contributed by atoms with Crippen LogP contribution in [0.4, 0.5) is 0 Å². The van der Waals surface area contributed by atoms with Gasteiger partial charge in [0.1, 0.15) is 0 Å². The number of aliphatic hydroxyl groups excluding tert-OH is 1. The van der Waals surface area contributed by atoms with E-state index < -0.39 is 6.04 Å². The first kappa shape index (κ1) is 18.5. The van der Waals surface area contributed by atoms with Gasteiger partial charge in [-0.25, -0.2) is 0 Å². The van der Waals surface area contributed by atoms with Crippen molar-refractivity contribution < 1.29 is 9.90 Å². The summed E-state index contributed by atoms with van der Waals surface area (Å²) in [7, 11) is 0. The van der Waals surface area contributed by atoms with Crippen molar-refractivity contribution in [2.24, 2.45) is 11.5 Å². The van der Waals surface area contributed by atoms with Crippen LogP contribution in [0.1, 0.15) is 13.3 Å². The lowest BCUT2D eigenvalue weighted by Gasteiger charge is -2.19. The van der Waals surface area contributed by atoms with Crippen LogP contribution in [0.5, 0.6) is 0 Å². The molecule has 1 amide bonds. The molecule has 2 unspecified atom stereocenters. The van der Waals surface area contributed by atoms with E-state index in [1.165, 1.54) is 0 Å². The van der Waals surface area contributed by atoms with Gasteiger partial charge in [-0.2, -0.15) is 0 Å². The van der Waals surface area contributed by atoms with Crippen LogP contribution in [0.2, 0.25) is 0 Å². The van der Waals surface area contributed by atoms with Gasteiger partial charge >= 0.3 is 0 Å². The monoisotopic (exact) mass is 282 g/mol. The Kier molecular flexibility index (Phi) is 10.5. The van der Waals surface area contributed by atoms with E-state index in [4.69, 9.17) is 16.6 Å². The van der Waals surface area contributed by atoms with Crippen molar-refractivity contribution in [3.05, 3.63) is 36.6 Å². The summed E-state index contributed by atoms with van der Waals surface area (Å²) >= 11 is 0. The minimum Gasteiger partial charge on any atom is -0.396 e. The molecule has 6 heteroatoms. The zero-order valence-corrected chi connectivity index (χ0v) is 12.0. The molecule has 0 saturated heterocycles. The van der Waals surface area contributed by atoms with Gasteiger partial charge in [-0.3, -0.25) is 4.79 Å². The lowest BCUT2D eigenvalue weighted by molar-refractivity contribution is -0.122. The van der Waals surface area contributed by atoms with Crippen LogP contribution in [0.15, 0.2) is 36.6 Å². The highest BCUT2D eigenvalue weighted by Crippen LogP contribution is 1.98. The maximum atomic E-state index is 12.1. The van der Waals surface area contributed by atoms with Crippen LogP contribution >= 0.6 is 0 Å². The number of carbonyl (C=O) groups is 1. The Hall–Kier alpha value is -1.47. The van der Waals surface area contributed by atoms with Crippen LogP contribution in [-0.2, 0) is 4.79 Å². The number of hydrogen-bond acceptors (Lipinski definition) is 5. The summed E-state index contributed by atoms with van der Waals surface area (Å²) < 4.78 is 0. The Morgan fingerprint density at radius 2 is 2.20 bits per heavy atom. The molecule has 0 aromatic rings. The fourth-order valence-corrected chi connectivity index (χ4v) is 1.51. The fourth-order valence-electron chi connectivity index (χ4n) is 1.51. The smallest absolute Gasteiger partial charge is 0.241 e. The van der Waals surface area contributed by atoms with Gasteiger partial charge in [0.15, 0.2) is 0 Å². The molecule has 20 heavy (non-hydrogen) atoms. The summed E-state index contributed by atoms with van der Waals surface area (Å²) in [6.07, 6.45) is 7.17. The molecule has 0 aliphatic heterocycles. The van der Waals surface area contributed by atoms with Crippen LogP contribution in [0, 0.1) is 0 Å². The third-order valence-electron chi connectivity index (χ3n) is 2.57. The molecule has 0 spiro atoms. The maximum absolute atomic E-state index is 12.1. The van der Waals surface area contributed by atoms with Crippen molar-refractivity contribution in [3.63, 3.8) is 0 Å². The van der Waals surface area contributed by atoms with Crippen LogP contribution in [-0.4, -0.2) is 42.8 Å². The summed E-state index contributed by atoms with van der Waals surface area (Å²) in [6, 6.07) is -0.737. The van der Waals surface area contributed by atoms with E-state index in [0.29, 0.717) is 25.2 Å². The van der Waals surface area contributed by atoms with Crippen molar-refractivity contribution in [3.8, 4) is 0 Å². The zero-order chi connectivity index (χ0) is 15.4. The van der Waals surface area contributed by atoms with E-state index in [-0.39, 0.29) is 18.6 Å². The second-order valence-corrected chi connectivity index (χ2v) is 4.32. The molecule has 0 rings (SSSR count). The highest BCUT2D eigenvalue weighted by atomic mass is 16.3. The van der Waals surface area contributed by atoms with Crippen LogP contribution in [0.25, 0.3) is 0 Å². The molecule has 0 aromatic heterocycles. The molecule has 114 valence electrons. The fraction of sp³-hybridized carbons (Fsp3) is 0.500. The van der Waals surface area contributed by atoms with Gasteiger partial charge < -0.3 is 27.2 Å². The number of nitrogens with two attached hydrogens (primary N) is 2. The zero-order valence-electron chi connectivity index (χ0n) is 12.0. The minimum absolute atomic E-state index is 0.0902. The summed E-state index contributed by atoms with van der Waals surface area (Å²) in [5, 5.41) is 14.8. The SMILES string of the molecule is C=C/C=C(\C=C/C)NC(=O)C(CCO)NCC(N)CN. The Balaban J connectivity index is 4.61. The number of hydrogen-bond donors (Lipinski definition) is 5. The second kappa shape index (κ2) is 11.4. The number of carbonyl (C=O) groups excluding carboxylic acids is 1. The number of aliphatic hydroxyl groups is 1. The number of rotatable bonds is 10. The van der Waals surface area contributed by atoms with Crippen LogP contribution < -0.4 is 22.1 Å². The van der Waals surface area contributed by atoms with Gasteiger partial charge in [0, 0.05) is 31.4 Å². The van der Waals surface area contributed by atoms with Crippen molar-refractivity contribution in [2.45, 2.75) is 25.4 Å². The highest BCUT2D eigenvalue weighted by molar-refractivity contribution is 5.83. The first-order valence-electron chi connectivity index (χ1n) is 6.65. The van der Waals surface area contributed by atoms with E-state index in [1.54, 1.807) is 18.2 Å². The quantitative estimate of drug-likeness (QED) is 0.343. The summed E-state index contributed by atoms with van der Waals surface area (Å²) in [5.41, 5.74) is 11.8. The maximum Gasteiger partial charge on any atom is 0.241 e. The van der Waals surface area contributed by atoms with Gasteiger partial charge in [0.05, 0.1) is 6.04 Å². The Bertz CT molecular complexity index is 353. The Morgan fingerprint density at radius 1 is 1.50 bits per heavy atom. The lowest BCUT2D eigenvalue weighted by atomic mass is 10.1. The summed E-state index contributed by atoms with van der Waals surface area (Å²) in [6.45, 7) is 6.11. The number of allylic oxidation sites excluding steroid dienone is 4. The standard InChI is InChI=1S/C14H26N4O2/c1-3-5-12(6-4-2)18-14(20)13(7-8-19)17-10-11(16)9-15/h3-6,11,13,17,19H,1,7-10,15-16H2,2H3,(H,18,20)/b6-4-,12-5+. The molecular weight excluding hydrogens is 256 g/mol. The predicted octanol–water partition coefficient (Wildman–Crippen LogP) is -0.625. The molecule has 0 saturated carbocycles. The third-order valence-corrected chi connectivity index (χ3v) is 2.57.